The Hall–Kier alpha value is -4.01. The second-order valence-corrected chi connectivity index (χ2v) is 6.43. The summed E-state index contributed by atoms with van der Waals surface area (Å²) in [5.41, 5.74) is 0.788. The Bertz CT molecular complexity index is 1080. The fourth-order valence-corrected chi connectivity index (χ4v) is 3.34. The van der Waals surface area contributed by atoms with Crippen LogP contribution in [0.5, 0.6) is 11.5 Å². The number of furan rings is 1. The summed E-state index contributed by atoms with van der Waals surface area (Å²) in [5, 5.41) is 26.8. The minimum Gasteiger partial charge on any atom is -0.865 e. The van der Waals surface area contributed by atoms with Crippen molar-refractivity contribution in [3.05, 3.63) is 81.8 Å². The highest BCUT2D eigenvalue weighted by Gasteiger charge is 2.34. The molecule has 3 aromatic rings. The smallest absolute Gasteiger partial charge is 0.265 e. The molecule has 1 aromatic heterocycles. The van der Waals surface area contributed by atoms with Crippen LogP contribution >= 0.6 is 0 Å². The van der Waals surface area contributed by atoms with Crippen molar-refractivity contribution in [3.8, 4) is 11.5 Å². The van der Waals surface area contributed by atoms with E-state index >= 15 is 0 Å². The van der Waals surface area contributed by atoms with Gasteiger partial charge in [-0.05, 0) is 30.3 Å². The van der Waals surface area contributed by atoms with Crippen LogP contribution in [-0.2, 0) is 6.54 Å². The second kappa shape index (κ2) is 7.19. The predicted octanol–water partition coefficient (Wildman–Crippen LogP) is 3.04. The third-order valence-corrected chi connectivity index (χ3v) is 4.72. The highest BCUT2D eigenvalue weighted by atomic mass is 16.6. The summed E-state index contributed by atoms with van der Waals surface area (Å²) in [4.78, 5) is 25.3. The van der Waals surface area contributed by atoms with E-state index < -0.39 is 22.5 Å². The second-order valence-electron chi connectivity index (χ2n) is 6.43. The van der Waals surface area contributed by atoms with Crippen LogP contribution in [-0.4, -0.2) is 22.8 Å². The Balaban J connectivity index is 1.84. The minimum atomic E-state index is -0.818. The first-order valence-corrected chi connectivity index (χ1v) is 8.72. The number of nitro groups is 1. The molecule has 1 N–H and O–H groups in total. The molecule has 1 atom stereocenters. The Morgan fingerprint density at radius 2 is 2.03 bits per heavy atom. The van der Waals surface area contributed by atoms with E-state index in [2.05, 4.69) is 5.32 Å². The first-order chi connectivity index (χ1) is 14.0. The maximum Gasteiger partial charge on any atom is 0.265 e. The first kappa shape index (κ1) is 18.4. The van der Waals surface area contributed by atoms with Crippen LogP contribution in [0.1, 0.15) is 27.8 Å². The molecule has 29 heavy (non-hydrogen) atoms. The van der Waals surface area contributed by atoms with Crippen LogP contribution in [0.3, 0.4) is 0 Å². The third-order valence-electron chi connectivity index (χ3n) is 4.72. The molecule has 1 aliphatic heterocycles. The van der Waals surface area contributed by atoms with E-state index in [0.717, 1.165) is 0 Å². The van der Waals surface area contributed by atoms with Gasteiger partial charge in [0.25, 0.3) is 11.6 Å². The lowest BCUT2D eigenvalue weighted by Crippen LogP contribution is -2.42. The van der Waals surface area contributed by atoms with Crippen molar-refractivity contribution in [3.63, 3.8) is 0 Å². The number of nitrogens with one attached hydrogen (secondary N) is 1. The average Bonchev–Trinajstić information content (AvgIpc) is 3.23. The van der Waals surface area contributed by atoms with Gasteiger partial charge in [-0.3, -0.25) is 14.9 Å². The van der Waals surface area contributed by atoms with Crippen molar-refractivity contribution < 1.29 is 24.0 Å². The van der Waals surface area contributed by atoms with Gasteiger partial charge in [0.2, 0.25) is 0 Å². The Morgan fingerprint density at radius 1 is 1.24 bits per heavy atom. The number of hydrogen-bond acceptors (Lipinski definition) is 7. The van der Waals surface area contributed by atoms with Crippen LogP contribution in [0.25, 0.3) is 0 Å². The molecule has 0 unspecified atom stereocenters. The predicted molar refractivity (Wildman–Crippen MR) is 100 cm³/mol. The number of anilines is 1. The summed E-state index contributed by atoms with van der Waals surface area (Å²) in [5.74, 6) is -0.707. The minimum absolute atomic E-state index is 0.132. The maximum absolute atomic E-state index is 13.2. The molecule has 4 rings (SSSR count). The summed E-state index contributed by atoms with van der Waals surface area (Å²) >= 11 is 0. The maximum atomic E-state index is 13.2. The Labute approximate surface area is 165 Å². The van der Waals surface area contributed by atoms with E-state index in [-0.39, 0.29) is 18.2 Å². The molecule has 148 valence electrons. The lowest BCUT2D eigenvalue weighted by molar-refractivity contribution is -0.398. The van der Waals surface area contributed by atoms with Crippen molar-refractivity contribution in [2.45, 2.75) is 12.7 Å². The van der Waals surface area contributed by atoms with Crippen molar-refractivity contribution in [1.29, 1.82) is 0 Å². The molecule has 0 bridgehead atoms. The van der Waals surface area contributed by atoms with E-state index in [1.165, 1.54) is 30.4 Å². The normalized spacial score (nSPS) is 15.6. The van der Waals surface area contributed by atoms with Crippen LogP contribution in [0.15, 0.2) is 59.2 Å². The fraction of sp³-hybridized carbons (Fsp3) is 0.150. The van der Waals surface area contributed by atoms with Crippen LogP contribution in [0, 0.1) is 10.1 Å². The van der Waals surface area contributed by atoms with Crippen molar-refractivity contribution in [2.24, 2.45) is 0 Å². The Morgan fingerprint density at radius 3 is 2.72 bits per heavy atom. The largest absolute Gasteiger partial charge is 0.865 e. The van der Waals surface area contributed by atoms with Crippen molar-refractivity contribution in [1.82, 2.24) is 4.90 Å². The number of rotatable bonds is 5. The molecule has 1 amide bonds. The van der Waals surface area contributed by atoms with Gasteiger partial charge in [0.05, 0.1) is 30.4 Å². The number of amides is 1. The number of para-hydroxylation sites is 1. The van der Waals surface area contributed by atoms with Gasteiger partial charge in [0, 0.05) is 23.1 Å². The summed E-state index contributed by atoms with van der Waals surface area (Å²) in [6, 6.07) is 13.0. The molecule has 0 saturated carbocycles. The number of carbonyl (C=O) groups excluding carboxylic acids is 1. The van der Waals surface area contributed by atoms with E-state index in [0.29, 0.717) is 22.6 Å². The Kier molecular flexibility index (Phi) is 4.55. The molecule has 0 spiro atoms. The SMILES string of the molecule is COc1cc([C@H]2Nc3ccccc3C(=O)N2Cc2ccco2)cc([N+](=O)[O-])c1[O-]. The molecule has 0 saturated heterocycles. The third kappa shape index (κ3) is 3.22. The van der Waals surface area contributed by atoms with Crippen LogP contribution in [0.2, 0.25) is 0 Å². The summed E-state index contributed by atoms with van der Waals surface area (Å²) in [6.45, 7) is 0.132. The van der Waals surface area contributed by atoms with Crippen LogP contribution in [0.4, 0.5) is 11.4 Å². The van der Waals surface area contributed by atoms with Gasteiger partial charge in [0.1, 0.15) is 17.7 Å². The zero-order chi connectivity index (χ0) is 20.5. The van der Waals surface area contributed by atoms with Gasteiger partial charge in [-0.25, -0.2) is 0 Å². The molecule has 9 heteroatoms. The number of fused-ring (bicyclic) bond motifs is 1. The lowest BCUT2D eigenvalue weighted by Gasteiger charge is -2.38. The quantitative estimate of drug-likeness (QED) is 0.521. The molecule has 0 fully saturated rings. The zero-order valence-electron chi connectivity index (χ0n) is 15.3. The molecule has 2 heterocycles. The number of hydrogen-bond donors (Lipinski definition) is 1. The number of nitro benzene ring substituents is 1. The van der Waals surface area contributed by atoms with Crippen LogP contribution < -0.4 is 15.2 Å². The highest BCUT2D eigenvalue weighted by Crippen LogP contribution is 2.40. The molecular weight excluding hydrogens is 378 g/mol. The van der Waals surface area contributed by atoms with Gasteiger partial charge < -0.3 is 24.5 Å². The van der Waals surface area contributed by atoms with E-state index in [9.17, 15) is 20.0 Å². The number of ether oxygens (including phenoxy) is 1. The highest BCUT2D eigenvalue weighted by molar-refractivity contribution is 6.01. The molecule has 0 aliphatic carbocycles. The number of methoxy groups -OCH3 is 1. The standard InChI is InChI=1S/C20H17N3O6/c1-28-17-10-12(9-16(18(17)24)23(26)27)19-21-15-7-3-2-6-14(15)20(25)22(19)11-13-5-4-8-29-13/h2-10,19,21,24H,11H2,1H3/p-1/t19-/m0/s1. The number of benzene rings is 2. The zero-order valence-corrected chi connectivity index (χ0v) is 15.3. The van der Waals surface area contributed by atoms with E-state index in [4.69, 9.17) is 9.15 Å². The molecule has 9 nitrogen and oxygen atoms in total. The molecule has 2 aromatic carbocycles. The number of nitrogens with zero attached hydrogens (tertiary/aromatic N) is 2. The van der Waals surface area contributed by atoms with Gasteiger partial charge in [-0.15, -0.1) is 0 Å². The topological polar surface area (TPSA) is 121 Å². The van der Waals surface area contributed by atoms with Gasteiger partial charge in [0.15, 0.2) is 0 Å². The molecule has 0 radical (unpaired) electrons. The fourth-order valence-electron chi connectivity index (χ4n) is 3.34. The number of carbonyl (C=O) groups is 1. The molecular formula is C20H16N3O6-. The molecule has 1 aliphatic rings. The van der Waals surface area contributed by atoms with Crippen molar-refractivity contribution >= 4 is 17.3 Å². The average molecular weight is 394 g/mol. The monoisotopic (exact) mass is 394 g/mol. The summed E-state index contributed by atoms with van der Waals surface area (Å²) in [6.07, 6.45) is 0.732. The van der Waals surface area contributed by atoms with Gasteiger partial charge in [-0.2, -0.15) is 0 Å². The summed E-state index contributed by atoms with van der Waals surface area (Å²) < 4.78 is 10.4. The van der Waals surface area contributed by atoms with E-state index in [1.54, 1.807) is 36.4 Å². The lowest BCUT2D eigenvalue weighted by atomic mass is 10.0. The van der Waals surface area contributed by atoms with Gasteiger partial charge in [-0.1, -0.05) is 12.1 Å². The van der Waals surface area contributed by atoms with Gasteiger partial charge >= 0.3 is 0 Å². The first-order valence-electron chi connectivity index (χ1n) is 8.72. The van der Waals surface area contributed by atoms with Crippen molar-refractivity contribution in [2.75, 3.05) is 12.4 Å². The van der Waals surface area contributed by atoms with E-state index in [1.807, 2.05) is 0 Å². The summed E-state index contributed by atoms with van der Waals surface area (Å²) in [7, 11) is 1.26.